The van der Waals surface area contributed by atoms with E-state index in [2.05, 4.69) is 32.5 Å². The highest BCUT2D eigenvalue weighted by Crippen LogP contribution is 2.40. The minimum Gasteiger partial charge on any atom is -0.383 e. The zero-order valence-electron chi connectivity index (χ0n) is 18.0. The summed E-state index contributed by atoms with van der Waals surface area (Å²) >= 11 is 0. The molecule has 33 heavy (non-hydrogen) atoms. The summed E-state index contributed by atoms with van der Waals surface area (Å²) in [6.45, 7) is 0.375. The molecule has 9 heteroatoms. The molecule has 2 aliphatic rings. The molecule has 0 radical (unpaired) electrons. The number of nitrogen functional groups attached to an aromatic ring is 1. The Kier molecular flexibility index (Phi) is 4.47. The van der Waals surface area contributed by atoms with Gasteiger partial charge in [0, 0.05) is 25.0 Å². The number of rotatable bonds is 6. The smallest absolute Gasteiger partial charge is 0.185 e. The summed E-state index contributed by atoms with van der Waals surface area (Å²) in [6.07, 6.45) is 11.8. The van der Waals surface area contributed by atoms with Crippen LogP contribution in [0.3, 0.4) is 0 Å². The van der Waals surface area contributed by atoms with E-state index in [1.54, 1.807) is 17.1 Å². The van der Waals surface area contributed by atoms with Crippen LogP contribution >= 0.6 is 0 Å². The van der Waals surface area contributed by atoms with E-state index in [0.29, 0.717) is 41.6 Å². The van der Waals surface area contributed by atoms with Crippen molar-refractivity contribution >= 4 is 17.2 Å². The summed E-state index contributed by atoms with van der Waals surface area (Å²) < 4.78 is 3.54. The molecule has 0 aliphatic heterocycles. The average molecular weight is 438 g/mol. The zero-order chi connectivity index (χ0) is 22.5. The standard InChI is InChI=1S/C24H22N8O/c25-9-16-7-17(14-1-2-14)10-31-11-18(28-24(16)31)12-32-13-21(29-30-32)22(33)8-15-3-4-20-19(15)5-6-27-23(20)26/h5-7,10-11,13-15H,1-4,8,12H2,(H2,26,27). The Morgan fingerprint density at radius 1 is 1.24 bits per heavy atom. The van der Waals surface area contributed by atoms with Crippen LogP contribution in [0.25, 0.3) is 5.65 Å². The van der Waals surface area contributed by atoms with E-state index < -0.39 is 0 Å². The lowest BCUT2D eigenvalue weighted by atomic mass is 9.95. The van der Waals surface area contributed by atoms with E-state index in [9.17, 15) is 10.1 Å². The number of fused-ring (bicyclic) bond motifs is 2. The van der Waals surface area contributed by atoms with Crippen LogP contribution in [-0.4, -0.2) is 35.1 Å². The third kappa shape index (κ3) is 3.53. The van der Waals surface area contributed by atoms with Gasteiger partial charge in [0.1, 0.15) is 17.6 Å². The normalized spacial score (nSPS) is 17.2. The van der Waals surface area contributed by atoms with Gasteiger partial charge in [-0.05, 0) is 66.3 Å². The second kappa shape index (κ2) is 7.52. The molecule has 1 fully saturated rings. The van der Waals surface area contributed by atoms with E-state index in [0.717, 1.165) is 29.7 Å². The summed E-state index contributed by atoms with van der Waals surface area (Å²) in [6, 6.07) is 6.16. The first-order chi connectivity index (χ1) is 16.1. The first kappa shape index (κ1) is 19.6. The van der Waals surface area contributed by atoms with Gasteiger partial charge < -0.3 is 10.1 Å². The van der Waals surface area contributed by atoms with E-state index in [1.807, 2.05) is 22.7 Å². The Bertz CT molecular complexity index is 1440. The molecule has 4 aromatic heterocycles. The summed E-state index contributed by atoms with van der Waals surface area (Å²) in [5.74, 6) is 1.21. The molecule has 1 atom stereocenters. The van der Waals surface area contributed by atoms with E-state index >= 15 is 0 Å². The van der Waals surface area contributed by atoms with Gasteiger partial charge in [-0.25, -0.2) is 14.6 Å². The highest BCUT2D eigenvalue weighted by atomic mass is 16.1. The van der Waals surface area contributed by atoms with Gasteiger partial charge >= 0.3 is 0 Å². The minimum absolute atomic E-state index is 0.0367. The number of nitriles is 1. The third-order valence-corrected chi connectivity index (χ3v) is 6.68. The van der Waals surface area contributed by atoms with Crippen LogP contribution in [-0.2, 0) is 13.0 Å². The quantitative estimate of drug-likeness (QED) is 0.458. The maximum Gasteiger partial charge on any atom is 0.185 e. The van der Waals surface area contributed by atoms with Gasteiger partial charge in [0.25, 0.3) is 0 Å². The van der Waals surface area contributed by atoms with Crippen LogP contribution in [0.5, 0.6) is 0 Å². The second-order valence-corrected chi connectivity index (χ2v) is 8.96. The van der Waals surface area contributed by atoms with Gasteiger partial charge in [0.05, 0.1) is 24.0 Å². The fourth-order valence-electron chi connectivity index (χ4n) is 4.83. The van der Waals surface area contributed by atoms with Gasteiger partial charge in [-0.2, -0.15) is 5.26 Å². The van der Waals surface area contributed by atoms with Crippen molar-refractivity contribution in [2.45, 2.75) is 50.5 Å². The predicted octanol–water partition coefficient (Wildman–Crippen LogP) is 3.00. The number of Topliss-reactive ketones (excluding diaryl/α,β-unsaturated/α-hetero) is 1. The van der Waals surface area contributed by atoms with Gasteiger partial charge in [0.15, 0.2) is 11.4 Å². The van der Waals surface area contributed by atoms with E-state index in [1.165, 1.54) is 18.4 Å². The van der Waals surface area contributed by atoms with Crippen molar-refractivity contribution in [3.05, 3.63) is 70.6 Å². The van der Waals surface area contributed by atoms with Crippen LogP contribution in [0, 0.1) is 11.3 Å². The fraction of sp³-hybridized carbons (Fsp3) is 0.333. The Hall–Kier alpha value is -4.06. The van der Waals surface area contributed by atoms with Crippen molar-refractivity contribution in [2.75, 3.05) is 5.73 Å². The van der Waals surface area contributed by atoms with Crippen molar-refractivity contribution in [2.24, 2.45) is 0 Å². The number of aromatic nitrogens is 6. The third-order valence-electron chi connectivity index (χ3n) is 6.68. The maximum atomic E-state index is 12.9. The van der Waals surface area contributed by atoms with Gasteiger partial charge in [-0.1, -0.05) is 5.21 Å². The molecule has 2 aliphatic carbocycles. The molecule has 0 bridgehead atoms. The van der Waals surface area contributed by atoms with Gasteiger partial charge in [-0.3, -0.25) is 4.79 Å². The topological polar surface area (TPSA) is 128 Å². The molecule has 1 unspecified atom stereocenters. The van der Waals surface area contributed by atoms with Crippen molar-refractivity contribution < 1.29 is 4.79 Å². The first-order valence-corrected chi connectivity index (χ1v) is 11.2. The summed E-state index contributed by atoms with van der Waals surface area (Å²) in [4.78, 5) is 21.6. The number of carbonyl (C=O) groups is 1. The van der Waals surface area contributed by atoms with Crippen LogP contribution in [0.4, 0.5) is 5.82 Å². The average Bonchev–Trinajstić information content (AvgIpc) is 3.21. The largest absolute Gasteiger partial charge is 0.383 e. The van der Waals surface area contributed by atoms with Crippen LogP contribution in [0.1, 0.15) is 76.0 Å². The number of ketones is 1. The molecular formula is C24H22N8O. The SMILES string of the molecule is N#Cc1cc(C2CC2)cn2cc(Cn3cc(C(=O)CC4CCc5c4ccnc5N)nn3)nc12. The van der Waals surface area contributed by atoms with Crippen LogP contribution < -0.4 is 5.73 Å². The highest BCUT2D eigenvalue weighted by Gasteiger charge is 2.28. The first-order valence-electron chi connectivity index (χ1n) is 11.2. The number of hydrogen-bond acceptors (Lipinski definition) is 7. The molecule has 2 N–H and O–H groups in total. The van der Waals surface area contributed by atoms with Crippen LogP contribution in [0.2, 0.25) is 0 Å². The number of nitrogens with zero attached hydrogens (tertiary/aromatic N) is 7. The Morgan fingerprint density at radius 3 is 2.94 bits per heavy atom. The molecule has 0 saturated heterocycles. The Morgan fingerprint density at radius 2 is 2.12 bits per heavy atom. The molecule has 9 nitrogen and oxygen atoms in total. The van der Waals surface area contributed by atoms with Crippen molar-refractivity contribution in [3.63, 3.8) is 0 Å². The molecule has 0 amide bonds. The number of carbonyl (C=O) groups excluding carboxylic acids is 1. The molecule has 0 aromatic carbocycles. The number of anilines is 1. The Balaban J connectivity index is 1.19. The molecule has 4 aromatic rings. The number of nitrogens with two attached hydrogens (primary N) is 1. The molecule has 164 valence electrons. The van der Waals surface area contributed by atoms with E-state index in [4.69, 9.17) is 5.73 Å². The van der Waals surface area contributed by atoms with E-state index in [-0.39, 0.29) is 11.7 Å². The van der Waals surface area contributed by atoms with Crippen molar-refractivity contribution in [1.29, 1.82) is 5.26 Å². The lowest BCUT2D eigenvalue weighted by Crippen LogP contribution is -2.06. The number of hydrogen-bond donors (Lipinski definition) is 1. The van der Waals surface area contributed by atoms with Crippen LogP contribution in [0.15, 0.2) is 36.9 Å². The second-order valence-electron chi connectivity index (χ2n) is 8.96. The monoisotopic (exact) mass is 438 g/mol. The number of imidazole rings is 1. The van der Waals surface area contributed by atoms with Gasteiger partial charge in [0.2, 0.25) is 0 Å². The maximum absolute atomic E-state index is 12.9. The van der Waals surface area contributed by atoms with Crippen molar-refractivity contribution in [3.8, 4) is 6.07 Å². The minimum atomic E-state index is -0.0367. The van der Waals surface area contributed by atoms with Gasteiger partial charge in [-0.15, -0.1) is 5.10 Å². The van der Waals surface area contributed by atoms with Crippen molar-refractivity contribution in [1.82, 2.24) is 29.4 Å². The predicted molar refractivity (Wildman–Crippen MR) is 120 cm³/mol. The molecular weight excluding hydrogens is 416 g/mol. The fourth-order valence-corrected chi connectivity index (χ4v) is 4.83. The molecule has 0 spiro atoms. The molecule has 4 heterocycles. The zero-order valence-corrected chi connectivity index (χ0v) is 18.0. The number of pyridine rings is 2. The summed E-state index contributed by atoms with van der Waals surface area (Å²) in [5.41, 5.74) is 11.7. The Labute approximate surface area is 189 Å². The summed E-state index contributed by atoms with van der Waals surface area (Å²) in [5, 5.41) is 17.8. The lowest BCUT2D eigenvalue weighted by Gasteiger charge is -2.09. The summed E-state index contributed by atoms with van der Waals surface area (Å²) in [7, 11) is 0. The molecule has 1 saturated carbocycles. The molecule has 6 rings (SSSR count). The lowest BCUT2D eigenvalue weighted by molar-refractivity contribution is 0.0968. The highest BCUT2D eigenvalue weighted by molar-refractivity contribution is 5.94.